The van der Waals surface area contributed by atoms with Gasteiger partial charge in [-0.25, -0.2) is 4.98 Å². The highest BCUT2D eigenvalue weighted by atomic mass is 35.5. The van der Waals surface area contributed by atoms with Gasteiger partial charge in [0.2, 0.25) is 5.91 Å². The largest absolute Gasteiger partial charge is 0.417 e. The Hall–Kier alpha value is -1.15. The Morgan fingerprint density at radius 3 is 2.56 bits per heavy atom. The maximum atomic E-state index is 12.8. The van der Waals surface area contributed by atoms with Crippen LogP contribution in [0.4, 0.5) is 19.0 Å². The van der Waals surface area contributed by atoms with Crippen LogP contribution in [0.2, 0.25) is 5.02 Å². The number of carbonyl (C=O) groups excluding carboxylic acids is 1. The number of piperidine rings is 1. The highest BCUT2D eigenvalue weighted by molar-refractivity contribution is 7.98. The SMILES string of the molecule is CC[C@@H](CSC)N(C)C(=O)C1CCN(c2ncc(C(F)(F)F)cc2Cl)CC1. The maximum absolute atomic E-state index is 12.8. The molecule has 0 aliphatic carbocycles. The van der Waals surface area contributed by atoms with Crippen molar-refractivity contribution in [2.75, 3.05) is 37.0 Å². The van der Waals surface area contributed by atoms with Gasteiger partial charge in [-0.3, -0.25) is 4.79 Å². The van der Waals surface area contributed by atoms with Gasteiger partial charge in [-0.05, 0) is 31.6 Å². The number of halogens is 4. The summed E-state index contributed by atoms with van der Waals surface area (Å²) in [7, 11) is 1.85. The topological polar surface area (TPSA) is 36.4 Å². The molecule has 1 atom stereocenters. The third-order valence-corrected chi connectivity index (χ3v) is 6.01. The van der Waals surface area contributed by atoms with Gasteiger partial charge in [0.15, 0.2) is 0 Å². The number of alkyl halides is 3. The molecule has 0 N–H and O–H groups in total. The first-order chi connectivity index (χ1) is 12.7. The van der Waals surface area contributed by atoms with Crippen molar-refractivity contribution in [3.05, 3.63) is 22.8 Å². The highest BCUT2D eigenvalue weighted by Gasteiger charge is 2.33. The molecule has 2 heterocycles. The third kappa shape index (κ3) is 5.44. The average Bonchev–Trinajstić information content (AvgIpc) is 2.64. The van der Waals surface area contributed by atoms with Gasteiger partial charge in [-0.15, -0.1) is 0 Å². The molecule has 2 rings (SSSR count). The van der Waals surface area contributed by atoms with Crippen molar-refractivity contribution in [2.45, 2.75) is 38.4 Å². The van der Waals surface area contributed by atoms with E-state index in [0.717, 1.165) is 24.4 Å². The molecule has 0 radical (unpaired) electrons. The molecule has 0 saturated carbocycles. The summed E-state index contributed by atoms with van der Waals surface area (Å²) in [6.07, 6.45) is 0.551. The molecule has 0 aromatic carbocycles. The van der Waals surface area contributed by atoms with Crippen molar-refractivity contribution in [2.24, 2.45) is 5.92 Å². The molecule has 4 nitrogen and oxygen atoms in total. The number of hydrogen-bond acceptors (Lipinski definition) is 4. The van der Waals surface area contributed by atoms with Gasteiger partial charge in [0, 0.05) is 44.0 Å². The molecule has 0 unspecified atom stereocenters. The monoisotopic (exact) mass is 423 g/mol. The van der Waals surface area contributed by atoms with Crippen LogP contribution in [0.3, 0.4) is 0 Å². The molecule has 0 bridgehead atoms. The van der Waals surface area contributed by atoms with E-state index in [0.29, 0.717) is 31.7 Å². The minimum atomic E-state index is -4.47. The van der Waals surface area contributed by atoms with E-state index in [1.807, 2.05) is 23.1 Å². The van der Waals surface area contributed by atoms with Crippen LogP contribution >= 0.6 is 23.4 Å². The number of amides is 1. The summed E-state index contributed by atoms with van der Waals surface area (Å²) in [6, 6.07) is 1.12. The van der Waals surface area contributed by atoms with Crippen LogP contribution in [-0.2, 0) is 11.0 Å². The van der Waals surface area contributed by atoms with Crippen molar-refractivity contribution in [3.63, 3.8) is 0 Å². The Bertz CT molecular complexity index is 651. The first-order valence-corrected chi connectivity index (χ1v) is 10.7. The lowest BCUT2D eigenvalue weighted by molar-refractivity contribution is -0.138. The third-order valence-electron chi connectivity index (χ3n) is 5.02. The van der Waals surface area contributed by atoms with Gasteiger partial charge in [-0.1, -0.05) is 18.5 Å². The zero-order chi connectivity index (χ0) is 20.2. The Morgan fingerprint density at radius 2 is 2.07 bits per heavy atom. The Balaban J connectivity index is 2.00. The van der Waals surface area contributed by atoms with E-state index in [-0.39, 0.29) is 22.9 Å². The van der Waals surface area contributed by atoms with Crippen LogP contribution < -0.4 is 4.90 Å². The summed E-state index contributed by atoms with van der Waals surface area (Å²) in [5, 5.41) is -0.0160. The van der Waals surface area contributed by atoms with E-state index >= 15 is 0 Å². The molecule has 1 saturated heterocycles. The second-order valence-corrected chi connectivity index (χ2v) is 8.07. The normalized spacial score (nSPS) is 17.1. The quantitative estimate of drug-likeness (QED) is 0.671. The van der Waals surface area contributed by atoms with E-state index in [1.165, 1.54) is 0 Å². The summed E-state index contributed by atoms with van der Waals surface area (Å²) < 4.78 is 38.3. The van der Waals surface area contributed by atoms with E-state index in [2.05, 4.69) is 11.9 Å². The predicted octanol–water partition coefficient (Wildman–Crippen LogP) is 4.57. The maximum Gasteiger partial charge on any atom is 0.417 e. The number of pyridine rings is 1. The number of nitrogens with zero attached hydrogens (tertiary/aromatic N) is 3. The molecule has 152 valence electrons. The molecule has 9 heteroatoms. The predicted molar refractivity (Wildman–Crippen MR) is 104 cm³/mol. The molecule has 27 heavy (non-hydrogen) atoms. The van der Waals surface area contributed by atoms with Crippen molar-refractivity contribution < 1.29 is 18.0 Å². The van der Waals surface area contributed by atoms with Gasteiger partial charge in [0.25, 0.3) is 0 Å². The Labute approximate surface area is 167 Å². The van der Waals surface area contributed by atoms with Crippen molar-refractivity contribution in [1.29, 1.82) is 0 Å². The summed E-state index contributed by atoms with van der Waals surface area (Å²) in [5.74, 6) is 1.32. The summed E-state index contributed by atoms with van der Waals surface area (Å²) in [4.78, 5) is 20.4. The minimum absolute atomic E-state index is 0.0160. The summed E-state index contributed by atoms with van der Waals surface area (Å²) >= 11 is 7.76. The fourth-order valence-corrected chi connectivity index (χ4v) is 4.45. The zero-order valence-corrected chi connectivity index (χ0v) is 17.3. The fourth-order valence-electron chi connectivity index (χ4n) is 3.32. The van der Waals surface area contributed by atoms with Crippen LogP contribution in [0.25, 0.3) is 0 Å². The molecule has 1 aliphatic heterocycles. The minimum Gasteiger partial charge on any atom is -0.355 e. The van der Waals surface area contributed by atoms with E-state index in [9.17, 15) is 18.0 Å². The van der Waals surface area contributed by atoms with Crippen LogP contribution in [0.5, 0.6) is 0 Å². The Morgan fingerprint density at radius 1 is 1.44 bits per heavy atom. The van der Waals surface area contributed by atoms with Crippen LogP contribution in [0, 0.1) is 5.92 Å². The van der Waals surface area contributed by atoms with Gasteiger partial charge in [0.05, 0.1) is 10.6 Å². The van der Waals surface area contributed by atoms with Crippen molar-refractivity contribution >= 4 is 35.1 Å². The average molecular weight is 424 g/mol. The number of anilines is 1. The Kier molecular flexibility index (Phi) is 7.68. The smallest absolute Gasteiger partial charge is 0.355 e. The highest BCUT2D eigenvalue weighted by Crippen LogP contribution is 2.34. The first kappa shape index (κ1) is 22.1. The van der Waals surface area contributed by atoms with Crippen LogP contribution in [-0.4, -0.2) is 54.0 Å². The van der Waals surface area contributed by atoms with Gasteiger partial charge >= 0.3 is 6.18 Å². The second kappa shape index (κ2) is 9.37. The lowest BCUT2D eigenvalue weighted by Crippen LogP contribution is -2.45. The van der Waals surface area contributed by atoms with Crippen LogP contribution in [0.1, 0.15) is 31.7 Å². The van der Waals surface area contributed by atoms with Crippen molar-refractivity contribution in [1.82, 2.24) is 9.88 Å². The molecular formula is C18H25ClF3N3OS. The van der Waals surface area contributed by atoms with E-state index in [4.69, 9.17) is 11.6 Å². The molecular weight excluding hydrogens is 399 g/mol. The van der Waals surface area contributed by atoms with Gasteiger partial charge in [0.1, 0.15) is 5.82 Å². The number of thioether (sulfide) groups is 1. The number of aromatic nitrogens is 1. The first-order valence-electron chi connectivity index (χ1n) is 8.92. The zero-order valence-electron chi connectivity index (χ0n) is 15.7. The lowest BCUT2D eigenvalue weighted by atomic mass is 9.94. The summed E-state index contributed by atoms with van der Waals surface area (Å²) in [6.45, 7) is 3.16. The fraction of sp³-hybridized carbons (Fsp3) is 0.667. The van der Waals surface area contributed by atoms with Crippen molar-refractivity contribution in [3.8, 4) is 0 Å². The standard InChI is InChI=1S/C18H25ClF3N3OS/c1-4-14(11-27-3)24(2)17(26)12-5-7-25(8-6-12)16-15(19)9-13(10-23-16)18(20,21)22/h9-10,12,14H,4-8,11H2,1-3H3/t14-/m0/s1. The van der Waals surface area contributed by atoms with Gasteiger partial charge in [-0.2, -0.15) is 24.9 Å². The van der Waals surface area contributed by atoms with Gasteiger partial charge < -0.3 is 9.80 Å². The molecule has 0 spiro atoms. The lowest BCUT2D eigenvalue weighted by Gasteiger charge is -2.36. The molecule has 1 aromatic heterocycles. The van der Waals surface area contributed by atoms with Crippen LogP contribution in [0.15, 0.2) is 12.3 Å². The number of hydrogen-bond donors (Lipinski definition) is 0. The second-order valence-electron chi connectivity index (χ2n) is 6.76. The molecule has 1 aromatic rings. The van der Waals surface area contributed by atoms with E-state index < -0.39 is 11.7 Å². The number of carbonyl (C=O) groups is 1. The molecule has 1 aliphatic rings. The number of rotatable bonds is 6. The summed E-state index contributed by atoms with van der Waals surface area (Å²) in [5.41, 5.74) is -0.859. The van der Waals surface area contributed by atoms with E-state index in [1.54, 1.807) is 11.8 Å². The molecule has 1 amide bonds. The molecule has 1 fully saturated rings.